The van der Waals surface area contributed by atoms with Crippen LogP contribution in [0.3, 0.4) is 0 Å². The molecule has 0 saturated heterocycles. The van der Waals surface area contributed by atoms with Crippen LogP contribution in [0.2, 0.25) is 0 Å². The average molecular weight is 320 g/mol. The van der Waals surface area contributed by atoms with Gasteiger partial charge in [-0.05, 0) is 31.4 Å². The zero-order chi connectivity index (χ0) is 14.0. The lowest BCUT2D eigenvalue weighted by molar-refractivity contribution is 0.0916. The van der Waals surface area contributed by atoms with E-state index >= 15 is 0 Å². The second-order valence-electron chi connectivity index (χ2n) is 4.42. The molecule has 106 valence electrons. The van der Waals surface area contributed by atoms with Crippen LogP contribution in [-0.2, 0) is 14.8 Å². The van der Waals surface area contributed by atoms with Crippen molar-refractivity contribution >= 4 is 38.6 Å². The van der Waals surface area contributed by atoms with E-state index in [0.29, 0.717) is 4.88 Å². The van der Waals surface area contributed by atoms with Gasteiger partial charge in [0.25, 0.3) is 0 Å². The van der Waals surface area contributed by atoms with Crippen LogP contribution in [0.15, 0.2) is 16.3 Å². The summed E-state index contributed by atoms with van der Waals surface area (Å²) >= 11 is 5.91. The third-order valence-corrected chi connectivity index (χ3v) is 6.60. The number of thiophene rings is 1. The number of rotatable bonds is 5. The Hall–Kier alpha value is -0.540. The summed E-state index contributed by atoms with van der Waals surface area (Å²) in [5, 5.41) is 0. The second-order valence-corrected chi connectivity index (χ2v) is 7.88. The van der Waals surface area contributed by atoms with Crippen LogP contribution in [-0.4, -0.2) is 32.7 Å². The molecule has 2 atom stereocenters. The molecule has 19 heavy (non-hydrogen) atoms. The smallest absolute Gasteiger partial charge is 0.250 e. The van der Waals surface area contributed by atoms with E-state index in [1.165, 1.54) is 6.07 Å². The molecular formula is C11H16N2O3S3. The Bertz CT molecular complexity index is 567. The molecule has 1 aromatic heterocycles. The summed E-state index contributed by atoms with van der Waals surface area (Å²) in [4.78, 5) is 0.812. The second kappa shape index (κ2) is 5.84. The van der Waals surface area contributed by atoms with Crippen LogP contribution < -0.4 is 10.5 Å². The van der Waals surface area contributed by atoms with Crippen molar-refractivity contribution in [1.29, 1.82) is 0 Å². The Morgan fingerprint density at radius 3 is 2.84 bits per heavy atom. The van der Waals surface area contributed by atoms with E-state index in [-0.39, 0.29) is 21.3 Å². The minimum atomic E-state index is -3.53. The average Bonchev–Trinajstić information content (AvgIpc) is 2.95. The maximum absolute atomic E-state index is 12.2. The Balaban J connectivity index is 2.15. The first-order valence-corrected chi connectivity index (χ1v) is 8.59. The summed E-state index contributed by atoms with van der Waals surface area (Å²) < 4.78 is 32.7. The van der Waals surface area contributed by atoms with Crippen molar-refractivity contribution in [2.45, 2.75) is 35.6 Å². The highest BCUT2D eigenvalue weighted by Gasteiger charge is 2.31. The van der Waals surface area contributed by atoms with Crippen molar-refractivity contribution < 1.29 is 13.2 Å². The molecule has 1 fully saturated rings. The van der Waals surface area contributed by atoms with Crippen molar-refractivity contribution in [2.75, 3.05) is 7.11 Å². The minimum absolute atomic E-state index is 0.0511. The first-order valence-electron chi connectivity index (χ1n) is 5.89. The van der Waals surface area contributed by atoms with Crippen molar-refractivity contribution in [3.63, 3.8) is 0 Å². The van der Waals surface area contributed by atoms with Gasteiger partial charge in [0, 0.05) is 13.2 Å². The third-order valence-electron chi connectivity index (χ3n) is 3.15. The first-order chi connectivity index (χ1) is 8.94. The molecule has 1 aliphatic rings. The van der Waals surface area contributed by atoms with E-state index in [2.05, 4.69) is 4.72 Å². The summed E-state index contributed by atoms with van der Waals surface area (Å²) in [5.41, 5.74) is 5.48. The van der Waals surface area contributed by atoms with Gasteiger partial charge in [-0.3, -0.25) is 0 Å². The molecule has 0 bridgehead atoms. The van der Waals surface area contributed by atoms with E-state index in [1.54, 1.807) is 13.2 Å². The lowest BCUT2D eigenvalue weighted by Gasteiger charge is -2.18. The molecule has 1 heterocycles. The van der Waals surface area contributed by atoms with E-state index in [1.807, 2.05) is 0 Å². The molecule has 0 radical (unpaired) electrons. The Kier molecular flexibility index (Phi) is 4.57. The number of nitrogens with one attached hydrogen (secondary N) is 1. The molecule has 0 amide bonds. The number of nitrogens with two attached hydrogens (primary N) is 1. The van der Waals surface area contributed by atoms with Crippen LogP contribution in [0.1, 0.15) is 24.1 Å². The molecule has 2 unspecified atom stereocenters. The van der Waals surface area contributed by atoms with Gasteiger partial charge in [-0.1, -0.05) is 12.2 Å². The van der Waals surface area contributed by atoms with Gasteiger partial charge in [0.1, 0.15) is 9.20 Å². The van der Waals surface area contributed by atoms with Gasteiger partial charge < -0.3 is 10.5 Å². The highest BCUT2D eigenvalue weighted by molar-refractivity contribution is 7.91. The van der Waals surface area contributed by atoms with Crippen molar-refractivity contribution in [2.24, 2.45) is 5.73 Å². The monoisotopic (exact) mass is 320 g/mol. The van der Waals surface area contributed by atoms with Gasteiger partial charge in [0.2, 0.25) is 10.0 Å². The summed E-state index contributed by atoms with van der Waals surface area (Å²) in [5.74, 6) is 0. The summed E-state index contributed by atoms with van der Waals surface area (Å²) in [6, 6.07) is 2.99. The zero-order valence-corrected chi connectivity index (χ0v) is 12.9. The number of sulfonamides is 1. The molecule has 3 N–H and O–H groups in total. The van der Waals surface area contributed by atoms with Gasteiger partial charge in [0.05, 0.1) is 11.0 Å². The summed E-state index contributed by atoms with van der Waals surface area (Å²) in [6.45, 7) is 0. The molecule has 0 aliphatic heterocycles. The van der Waals surface area contributed by atoms with E-state index in [9.17, 15) is 8.42 Å². The molecule has 1 saturated carbocycles. The lowest BCUT2D eigenvalue weighted by atomic mass is 10.2. The normalized spacial score (nSPS) is 23.6. The SMILES string of the molecule is COC1CCCC1NS(=O)(=O)c1ccc(C(N)=S)s1. The van der Waals surface area contributed by atoms with Gasteiger partial charge in [-0.15, -0.1) is 11.3 Å². The fraction of sp³-hybridized carbons (Fsp3) is 0.545. The Morgan fingerprint density at radius 1 is 1.53 bits per heavy atom. The minimum Gasteiger partial charge on any atom is -0.389 e. The van der Waals surface area contributed by atoms with E-state index in [0.717, 1.165) is 30.6 Å². The topological polar surface area (TPSA) is 81.4 Å². The number of methoxy groups -OCH3 is 1. The van der Waals surface area contributed by atoms with Gasteiger partial charge in [-0.2, -0.15) is 0 Å². The first kappa shape index (κ1) is 14.9. The molecule has 8 heteroatoms. The fourth-order valence-corrected chi connectivity index (χ4v) is 4.86. The molecular weight excluding hydrogens is 304 g/mol. The van der Waals surface area contributed by atoms with E-state index in [4.69, 9.17) is 22.7 Å². The van der Waals surface area contributed by atoms with Gasteiger partial charge in [-0.25, -0.2) is 13.1 Å². The fourth-order valence-electron chi connectivity index (χ4n) is 2.20. The Morgan fingerprint density at radius 2 is 2.26 bits per heavy atom. The van der Waals surface area contributed by atoms with Crippen LogP contribution in [0, 0.1) is 0 Å². The van der Waals surface area contributed by atoms with Crippen LogP contribution in [0.4, 0.5) is 0 Å². The van der Waals surface area contributed by atoms with E-state index < -0.39 is 10.0 Å². The maximum Gasteiger partial charge on any atom is 0.250 e. The van der Waals surface area contributed by atoms with Crippen molar-refractivity contribution in [1.82, 2.24) is 4.72 Å². The summed E-state index contributed by atoms with van der Waals surface area (Å²) in [6.07, 6.45) is 2.59. The van der Waals surface area contributed by atoms with Gasteiger partial charge >= 0.3 is 0 Å². The number of ether oxygens (including phenoxy) is 1. The largest absolute Gasteiger partial charge is 0.389 e. The highest BCUT2D eigenvalue weighted by Crippen LogP contribution is 2.26. The molecule has 2 rings (SSSR count). The number of hydrogen-bond acceptors (Lipinski definition) is 5. The number of hydrogen-bond donors (Lipinski definition) is 2. The highest BCUT2D eigenvalue weighted by atomic mass is 32.2. The quantitative estimate of drug-likeness (QED) is 0.798. The predicted octanol–water partition coefficient (Wildman–Crippen LogP) is 1.23. The van der Waals surface area contributed by atoms with Crippen molar-refractivity contribution in [3.05, 3.63) is 17.0 Å². The van der Waals surface area contributed by atoms with Crippen LogP contribution in [0.25, 0.3) is 0 Å². The number of thiocarbonyl (C=S) groups is 1. The maximum atomic E-state index is 12.2. The molecule has 0 aromatic carbocycles. The third kappa shape index (κ3) is 3.32. The van der Waals surface area contributed by atoms with Crippen molar-refractivity contribution in [3.8, 4) is 0 Å². The zero-order valence-electron chi connectivity index (χ0n) is 10.5. The van der Waals surface area contributed by atoms with Crippen LogP contribution in [0.5, 0.6) is 0 Å². The lowest BCUT2D eigenvalue weighted by Crippen LogP contribution is -2.40. The molecule has 1 aromatic rings. The van der Waals surface area contributed by atoms with Crippen LogP contribution >= 0.6 is 23.6 Å². The standard InChI is InChI=1S/C11H16N2O3S3/c1-16-8-4-2-3-7(8)13-19(14,15)10-6-5-9(18-10)11(12)17/h5-8,13H,2-4H2,1H3,(H2,12,17). The molecule has 5 nitrogen and oxygen atoms in total. The Labute approximate surface area is 122 Å². The van der Waals surface area contributed by atoms with Gasteiger partial charge in [0.15, 0.2) is 0 Å². The predicted molar refractivity (Wildman–Crippen MR) is 79.0 cm³/mol. The molecule has 0 spiro atoms. The summed E-state index contributed by atoms with van der Waals surface area (Å²) in [7, 11) is -1.92. The molecule has 1 aliphatic carbocycles.